The molecule has 0 saturated heterocycles. The minimum Gasteiger partial charge on any atom is -0.508 e. The van der Waals surface area contributed by atoms with Crippen LogP contribution in [-0.2, 0) is 9.47 Å². The zero-order chi connectivity index (χ0) is 22.4. The molecule has 0 radical (unpaired) electrons. The molecule has 0 aliphatic heterocycles. The number of hydrogen-bond acceptors (Lipinski definition) is 10. The summed E-state index contributed by atoms with van der Waals surface area (Å²) in [5.41, 5.74) is 0.522. The van der Waals surface area contributed by atoms with Crippen LogP contribution in [0.2, 0.25) is 0 Å². The van der Waals surface area contributed by atoms with Gasteiger partial charge in [-0.1, -0.05) is 12.1 Å². The van der Waals surface area contributed by atoms with Gasteiger partial charge in [-0.15, -0.1) is 0 Å². The minimum absolute atomic E-state index is 0.00775. The first-order valence-corrected chi connectivity index (χ1v) is 7.71. The second-order valence-corrected chi connectivity index (χ2v) is 5.35. The van der Waals surface area contributed by atoms with Crippen molar-refractivity contribution < 1.29 is 53.8 Å². The molecule has 0 aliphatic carbocycles. The van der Waals surface area contributed by atoms with Crippen molar-refractivity contribution in [1.29, 1.82) is 0 Å². The molecule has 156 valence electrons. The normalized spacial score (nSPS) is 9.87. The lowest BCUT2D eigenvalue weighted by Crippen LogP contribution is -2.14. The number of ether oxygens (including phenoxy) is 2. The summed E-state index contributed by atoms with van der Waals surface area (Å²) in [6, 6.07) is 8.40. The first kappa shape index (κ1) is 21.6. The monoisotopic (exact) mass is 420 g/mol. The third kappa shape index (κ3) is 5.39. The van der Waals surface area contributed by atoms with E-state index in [1.807, 2.05) is 0 Å². The number of carboxylic acid groups (broad SMARTS) is 2. The van der Waals surface area contributed by atoms with Crippen molar-refractivity contribution in [2.45, 2.75) is 0 Å². The molecule has 1 heterocycles. The maximum Gasteiger partial charge on any atom is 0.528 e. The van der Waals surface area contributed by atoms with Gasteiger partial charge in [0.2, 0.25) is 5.43 Å². The molecule has 3 aromatic rings. The van der Waals surface area contributed by atoms with Crippen molar-refractivity contribution in [3.8, 4) is 28.4 Å². The number of rotatable bonds is 1. The maximum absolute atomic E-state index is 12.4. The predicted octanol–water partition coefficient (Wildman–Crippen LogP) is 3.07. The van der Waals surface area contributed by atoms with Crippen LogP contribution >= 0.6 is 0 Å². The van der Waals surface area contributed by atoms with E-state index < -0.39 is 23.9 Å². The van der Waals surface area contributed by atoms with Crippen molar-refractivity contribution in [3.63, 3.8) is 0 Å². The highest BCUT2D eigenvalue weighted by Gasteiger charge is 2.14. The Kier molecular flexibility index (Phi) is 6.44. The molecule has 0 fully saturated rings. The molecule has 5 N–H and O–H groups in total. The summed E-state index contributed by atoms with van der Waals surface area (Å²) in [6.45, 7) is 0. The van der Waals surface area contributed by atoms with Crippen LogP contribution in [0.15, 0.2) is 51.9 Å². The molecule has 1 aromatic heterocycles. The number of carbonyl (C=O) groups excluding carboxylic acids is 1. The Morgan fingerprint density at radius 1 is 0.833 bits per heavy atom. The highest BCUT2D eigenvalue weighted by atomic mass is 16.8. The van der Waals surface area contributed by atoms with Gasteiger partial charge >= 0.3 is 18.5 Å². The van der Waals surface area contributed by atoms with E-state index in [4.69, 9.17) is 14.6 Å². The zero-order valence-corrected chi connectivity index (χ0v) is 14.6. The van der Waals surface area contributed by atoms with E-state index in [0.717, 1.165) is 6.07 Å². The smallest absolute Gasteiger partial charge is 0.508 e. The predicted molar refractivity (Wildman–Crippen MR) is 96.5 cm³/mol. The summed E-state index contributed by atoms with van der Waals surface area (Å²) < 4.78 is 11.8. The standard InChI is InChI=1S/C15H10O5.C3H2O7/c16-9-3-1-8(2-4-9)11-7-20-13-6-10(17)5-12(18)14(13)15(11)19;4-1(5)9-3(8)10-2(6)7/h1-7,16-18H;(H,4,5)(H,6,7). The molecule has 0 bridgehead atoms. The van der Waals surface area contributed by atoms with Crippen molar-refractivity contribution in [1.82, 2.24) is 0 Å². The largest absolute Gasteiger partial charge is 0.528 e. The number of phenolic OH excluding ortho intramolecular Hbond substituents is 3. The van der Waals surface area contributed by atoms with Gasteiger partial charge in [0.25, 0.3) is 0 Å². The summed E-state index contributed by atoms with van der Waals surface area (Å²) in [6.07, 6.45) is -4.38. The molecule has 30 heavy (non-hydrogen) atoms. The Hall–Kier alpha value is -4.74. The average molecular weight is 420 g/mol. The molecule has 2 aromatic carbocycles. The summed E-state index contributed by atoms with van der Waals surface area (Å²) in [4.78, 5) is 41.2. The fourth-order valence-electron chi connectivity index (χ4n) is 2.22. The van der Waals surface area contributed by atoms with Crippen LogP contribution in [0.3, 0.4) is 0 Å². The topological polar surface area (TPSA) is 201 Å². The number of carbonyl (C=O) groups is 3. The third-order valence-corrected chi connectivity index (χ3v) is 3.36. The maximum atomic E-state index is 12.4. The number of phenols is 3. The Labute approximate surface area is 165 Å². The van der Waals surface area contributed by atoms with Gasteiger partial charge in [0.1, 0.15) is 34.5 Å². The summed E-state index contributed by atoms with van der Waals surface area (Å²) in [5.74, 6) is -0.434. The first-order valence-electron chi connectivity index (χ1n) is 7.71. The Balaban J connectivity index is 0.000000274. The number of hydrogen-bond donors (Lipinski definition) is 5. The van der Waals surface area contributed by atoms with E-state index in [-0.39, 0.29) is 33.8 Å². The minimum atomic E-state index is -1.92. The molecule has 0 atom stereocenters. The van der Waals surface area contributed by atoms with Crippen molar-refractivity contribution in [3.05, 3.63) is 52.9 Å². The molecular weight excluding hydrogens is 408 g/mol. The van der Waals surface area contributed by atoms with Gasteiger partial charge in [0.15, 0.2) is 0 Å². The van der Waals surface area contributed by atoms with Gasteiger partial charge in [-0.25, -0.2) is 14.4 Å². The highest BCUT2D eigenvalue weighted by molar-refractivity contribution is 5.88. The molecule has 12 heteroatoms. The fourth-order valence-corrected chi connectivity index (χ4v) is 2.22. The van der Waals surface area contributed by atoms with Crippen molar-refractivity contribution in [2.24, 2.45) is 0 Å². The second kappa shape index (κ2) is 8.97. The van der Waals surface area contributed by atoms with Crippen LogP contribution in [0.5, 0.6) is 17.2 Å². The van der Waals surface area contributed by atoms with E-state index >= 15 is 0 Å². The van der Waals surface area contributed by atoms with Crippen molar-refractivity contribution >= 4 is 29.4 Å². The lowest BCUT2D eigenvalue weighted by Gasteiger charge is -2.05. The lowest BCUT2D eigenvalue weighted by atomic mass is 10.0. The quantitative estimate of drug-likeness (QED) is 0.285. The molecule has 0 spiro atoms. The van der Waals surface area contributed by atoms with E-state index in [2.05, 4.69) is 9.47 Å². The Morgan fingerprint density at radius 2 is 1.40 bits per heavy atom. The fraction of sp³-hybridized carbons (Fsp3) is 0. The van der Waals surface area contributed by atoms with Gasteiger partial charge in [-0.3, -0.25) is 4.79 Å². The molecule has 3 rings (SSSR count). The zero-order valence-electron chi connectivity index (χ0n) is 14.6. The van der Waals surface area contributed by atoms with Gasteiger partial charge in [0, 0.05) is 12.1 Å². The van der Waals surface area contributed by atoms with Gasteiger partial charge in [-0.2, -0.15) is 0 Å². The summed E-state index contributed by atoms with van der Waals surface area (Å²) in [7, 11) is 0. The third-order valence-electron chi connectivity index (χ3n) is 3.36. The SMILES string of the molecule is O=C(O)OC(=O)OC(=O)O.O=c1c(-c2ccc(O)cc2)coc2cc(O)cc(O)c12. The second-order valence-electron chi connectivity index (χ2n) is 5.35. The lowest BCUT2D eigenvalue weighted by molar-refractivity contribution is 0.0548. The van der Waals surface area contributed by atoms with E-state index in [0.29, 0.717) is 5.56 Å². The van der Waals surface area contributed by atoms with Crippen LogP contribution < -0.4 is 5.43 Å². The highest BCUT2D eigenvalue weighted by Crippen LogP contribution is 2.29. The number of fused-ring (bicyclic) bond motifs is 1. The first-order chi connectivity index (χ1) is 14.1. The Bertz CT molecular complexity index is 1140. The van der Waals surface area contributed by atoms with Gasteiger partial charge in [0.05, 0.1) is 5.56 Å². The van der Waals surface area contributed by atoms with E-state index in [9.17, 15) is 34.5 Å². The molecule has 12 nitrogen and oxygen atoms in total. The average Bonchev–Trinajstić information content (AvgIpc) is 2.61. The van der Waals surface area contributed by atoms with Crippen LogP contribution in [0.4, 0.5) is 14.4 Å². The van der Waals surface area contributed by atoms with Crippen molar-refractivity contribution in [2.75, 3.05) is 0 Å². The van der Waals surface area contributed by atoms with Crippen LogP contribution in [0.25, 0.3) is 22.1 Å². The van der Waals surface area contributed by atoms with Crippen LogP contribution in [-0.4, -0.2) is 44.0 Å². The summed E-state index contributed by atoms with van der Waals surface area (Å²) >= 11 is 0. The van der Waals surface area contributed by atoms with Gasteiger partial charge in [-0.05, 0) is 17.7 Å². The molecular formula is C18H12O12. The molecule has 0 unspecified atom stereocenters. The van der Waals surface area contributed by atoms with E-state index in [1.54, 1.807) is 12.1 Å². The molecule has 0 amide bonds. The number of benzene rings is 2. The van der Waals surface area contributed by atoms with Gasteiger partial charge < -0.3 is 39.4 Å². The van der Waals surface area contributed by atoms with Crippen LogP contribution in [0, 0.1) is 0 Å². The van der Waals surface area contributed by atoms with E-state index in [1.165, 1.54) is 24.5 Å². The molecule has 0 aliphatic rings. The Morgan fingerprint density at radius 3 is 1.93 bits per heavy atom. The molecule has 0 saturated carbocycles. The number of aromatic hydroxyl groups is 3. The van der Waals surface area contributed by atoms with Crippen LogP contribution in [0.1, 0.15) is 0 Å². The summed E-state index contributed by atoms with van der Waals surface area (Å²) in [5, 5.41) is 43.8.